The van der Waals surface area contributed by atoms with E-state index in [-0.39, 0.29) is 24.5 Å². The number of nitrogens with zero attached hydrogens (tertiary/aromatic N) is 1. The Morgan fingerprint density at radius 1 is 1.50 bits per heavy atom. The first kappa shape index (κ1) is 14.9. The van der Waals surface area contributed by atoms with Crippen LogP contribution in [-0.4, -0.2) is 61.4 Å². The van der Waals surface area contributed by atoms with Gasteiger partial charge in [-0.3, -0.25) is 9.59 Å². The van der Waals surface area contributed by atoms with Gasteiger partial charge in [-0.1, -0.05) is 0 Å². The van der Waals surface area contributed by atoms with Gasteiger partial charge in [0.05, 0.1) is 12.7 Å². The fourth-order valence-electron chi connectivity index (χ4n) is 2.11. The summed E-state index contributed by atoms with van der Waals surface area (Å²) in [5.74, 6) is -1.24. The maximum absolute atomic E-state index is 12.2. The molecule has 0 radical (unpaired) electrons. The molecular weight excluding hydrogens is 238 g/mol. The molecule has 104 valence electrons. The Morgan fingerprint density at radius 2 is 2.22 bits per heavy atom. The average molecular weight is 259 g/mol. The van der Waals surface area contributed by atoms with E-state index in [1.165, 1.54) is 12.0 Å². The van der Waals surface area contributed by atoms with E-state index in [1.54, 1.807) is 0 Å². The second kappa shape index (κ2) is 7.33. The van der Waals surface area contributed by atoms with E-state index in [0.29, 0.717) is 32.6 Å². The SMILES string of the molecule is COCCN(CC(=O)O)C(=O)C1CCOC(C)C1. The van der Waals surface area contributed by atoms with Crippen molar-refractivity contribution in [1.82, 2.24) is 4.90 Å². The summed E-state index contributed by atoms with van der Waals surface area (Å²) < 4.78 is 10.3. The lowest BCUT2D eigenvalue weighted by Gasteiger charge is -2.30. The molecule has 0 aromatic carbocycles. The number of amides is 1. The van der Waals surface area contributed by atoms with Crippen LogP contribution in [0.2, 0.25) is 0 Å². The second-order valence-electron chi connectivity index (χ2n) is 4.55. The highest BCUT2D eigenvalue weighted by Crippen LogP contribution is 2.22. The van der Waals surface area contributed by atoms with Gasteiger partial charge >= 0.3 is 5.97 Å². The summed E-state index contributed by atoms with van der Waals surface area (Å²) in [6.07, 6.45) is 1.37. The lowest BCUT2D eigenvalue weighted by atomic mass is 9.94. The average Bonchev–Trinajstić information content (AvgIpc) is 2.33. The van der Waals surface area contributed by atoms with Crippen LogP contribution in [0, 0.1) is 5.92 Å². The Labute approximate surface area is 107 Å². The molecule has 6 heteroatoms. The van der Waals surface area contributed by atoms with Gasteiger partial charge < -0.3 is 19.5 Å². The quantitative estimate of drug-likeness (QED) is 0.745. The molecule has 1 rings (SSSR count). The summed E-state index contributed by atoms with van der Waals surface area (Å²) in [5, 5.41) is 8.82. The number of rotatable bonds is 6. The van der Waals surface area contributed by atoms with E-state index in [9.17, 15) is 9.59 Å². The minimum absolute atomic E-state index is 0.0572. The van der Waals surface area contributed by atoms with Gasteiger partial charge in [-0.25, -0.2) is 0 Å². The molecule has 1 N–H and O–H groups in total. The van der Waals surface area contributed by atoms with Crippen LogP contribution in [0.5, 0.6) is 0 Å². The summed E-state index contributed by atoms with van der Waals surface area (Å²) in [6, 6.07) is 0. The lowest BCUT2D eigenvalue weighted by molar-refractivity contribution is -0.149. The summed E-state index contributed by atoms with van der Waals surface area (Å²) in [4.78, 5) is 24.4. The third-order valence-electron chi connectivity index (χ3n) is 3.04. The highest BCUT2D eigenvalue weighted by Gasteiger charge is 2.29. The molecule has 1 aliphatic rings. The van der Waals surface area contributed by atoms with Crippen LogP contribution in [0.4, 0.5) is 0 Å². The number of carbonyl (C=O) groups excluding carboxylic acids is 1. The molecule has 18 heavy (non-hydrogen) atoms. The number of carboxylic acid groups (broad SMARTS) is 1. The Kier molecular flexibility index (Phi) is 6.07. The molecular formula is C12H21NO5. The molecule has 1 saturated heterocycles. The number of methoxy groups -OCH3 is 1. The monoisotopic (exact) mass is 259 g/mol. The zero-order valence-electron chi connectivity index (χ0n) is 10.9. The normalized spacial score (nSPS) is 23.7. The Morgan fingerprint density at radius 3 is 2.78 bits per heavy atom. The standard InChI is InChI=1S/C12H21NO5/c1-9-7-10(3-5-18-9)12(16)13(4-6-17-2)8-11(14)15/h9-10H,3-8H2,1-2H3,(H,14,15). The van der Waals surface area contributed by atoms with E-state index >= 15 is 0 Å². The minimum Gasteiger partial charge on any atom is -0.480 e. The maximum Gasteiger partial charge on any atom is 0.323 e. The van der Waals surface area contributed by atoms with Crippen molar-refractivity contribution in [3.05, 3.63) is 0 Å². The zero-order valence-corrected chi connectivity index (χ0v) is 10.9. The van der Waals surface area contributed by atoms with Gasteiger partial charge in [-0.2, -0.15) is 0 Å². The number of carbonyl (C=O) groups is 2. The summed E-state index contributed by atoms with van der Waals surface area (Å²) in [7, 11) is 1.53. The summed E-state index contributed by atoms with van der Waals surface area (Å²) in [5.41, 5.74) is 0. The molecule has 0 spiro atoms. The van der Waals surface area contributed by atoms with Crippen molar-refractivity contribution < 1.29 is 24.2 Å². The third-order valence-corrected chi connectivity index (χ3v) is 3.04. The smallest absolute Gasteiger partial charge is 0.323 e. The van der Waals surface area contributed by atoms with Gasteiger partial charge in [0.1, 0.15) is 6.54 Å². The maximum atomic E-state index is 12.2. The second-order valence-corrected chi connectivity index (χ2v) is 4.55. The molecule has 0 aliphatic carbocycles. The van der Waals surface area contributed by atoms with E-state index < -0.39 is 5.97 Å². The highest BCUT2D eigenvalue weighted by molar-refractivity contribution is 5.83. The van der Waals surface area contributed by atoms with Crippen LogP contribution in [0.3, 0.4) is 0 Å². The Bertz CT molecular complexity index is 294. The van der Waals surface area contributed by atoms with Gasteiger partial charge in [0, 0.05) is 26.2 Å². The Balaban J connectivity index is 2.58. The predicted octanol–water partition coefficient (Wildman–Crippen LogP) is 0.361. The third kappa shape index (κ3) is 4.62. The molecule has 0 saturated carbocycles. The van der Waals surface area contributed by atoms with Crippen molar-refractivity contribution in [2.75, 3.05) is 33.4 Å². The van der Waals surface area contributed by atoms with Gasteiger partial charge in [0.25, 0.3) is 0 Å². The van der Waals surface area contributed by atoms with Crippen LogP contribution < -0.4 is 0 Å². The van der Waals surface area contributed by atoms with Crippen LogP contribution in [0.25, 0.3) is 0 Å². The van der Waals surface area contributed by atoms with Crippen LogP contribution in [-0.2, 0) is 19.1 Å². The first-order valence-electron chi connectivity index (χ1n) is 6.15. The molecule has 1 fully saturated rings. The minimum atomic E-state index is -1.00. The number of hydrogen-bond donors (Lipinski definition) is 1. The first-order chi connectivity index (χ1) is 8.54. The highest BCUT2D eigenvalue weighted by atomic mass is 16.5. The number of ether oxygens (including phenoxy) is 2. The fourth-order valence-corrected chi connectivity index (χ4v) is 2.11. The molecule has 2 atom stereocenters. The largest absolute Gasteiger partial charge is 0.480 e. The molecule has 0 aromatic heterocycles. The van der Waals surface area contributed by atoms with Gasteiger partial charge in [0.15, 0.2) is 0 Å². The lowest BCUT2D eigenvalue weighted by Crippen LogP contribution is -2.43. The molecule has 6 nitrogen and oxygen atoms in total. The van der Waals surface area contributed by atoms with Gasteiger partial charge in [-0.15, -0.1) is 0 Å². The van der Waals surface area contributed by atoms with E-state index in [1.807, 2.05) is 6.92 Å². The van der Waals surface area contributed by atoms with Crippen LogP contribution >= 0.6 is 0 Å². The number of aliphatic carboxylic acids is 1. The summed E-state index contributed by atoms with van der Waals surface area (Å²) >= 11 is 0. The van der Waals surface area contributed by atoms with Crippen molar-refractivity contribution in [3.63, 3.8) is 0 Å². The summed E-state index contributed by atoms with van der Waals surface area (Å²) in [6.45, 7) is 2.87. The molecule has 0 aromatic rings. The Hall–Kier alpha value is -1.14. The number of carboxylic acids is 1. The van der Waals surface area contributed by atoms with Crippen molar-refractivity contribution >= 4 is 11.9 Å². The van der Waals surface area contributed by atoms with Crippen molar-refractivity contribution in [3.8, 4) is 0 Å². The molecule has 0 bridgehead atoms. The molecule has 1 amide bonds. The molecule has 1 aliphatic heterocycles. The van der Waals surface area contributed by atoms with E-state index in [4.69, 9.17) is 14.6 Å². The zero-order chi connectivity index (χ0) is 13.5. The van der Waals surface area contributed by atoms with Gasteiger partial charge in [0.2, 0.25) is 5.91 Å². The first-order valence-corrected chi connectivity index (χ1v) is 6.15. The van der Waals surface area contributed by atoms with E-state index in [2.05, 4.69) is 0 Å². The van der Waals surface area contributed by atoms with Crippen LogP contribution in [0.1, 0.15) is 19.8 Å². The van der Waals surface area contributed by atoms with E-state index in [0.717, 1.165) is 0 Å². The van der Waals surface area contributed by atoms with Crippen molar-refractivity contribution in [2.45, 2.75) is 25.9 Å². The fraction of sp³-hybridized carbons (Fsp3) is 0.833. The van der Waals surface area contributed by atoms with Crippen molar-refractivity contribution in [1.29, 1.82) is 0 Å². The topological polar surface area (TPSA) is 76.1 Å². The predicted molar refractivity (Wildman–Crippen MR) is 64.2 cm³/mol. The molecule has 2 unspecified atom stereocenters. The number of hydrogen-bond acceptors (Lipinski definition) is 4. The van der Waals surface area contributed by atoms with Crippen molar-refractivity contribution in [2.24, 2.45) is 5.92 Å². The molecule has 1 heterocycles. The van der Waals surface area contributed by atoms with Crippen LogP contribution in [0.15, 0.2) is 0 Å². The van der Waals surface area contributed by atoms with Gasteiger partial charge in [-0.05, 0) is 19.8 Å².